The van der Waals surface area contributed by atoms with Gasteiger partial charge in [-0.1, -0.05) is 51.5 Å². The predicted octanol–water partition coefficient (Wildman–Crippen LogP) is 4.61. The molecule has 1 atom stereocenters. The lowest BCUT2D eigenvalue weighted by molar-refractivity contribution is -0.151. The van der Waals surface area contributed by atoms with Crippen molar-refractivity contribution in [1.82, 2.24) is 0 Å². The number of unbranched alkanes of at least 4 members (excludes halogenated alkanes) is 8. The zero-order chi connectivity index (χ0) is 17.6. The largest absolute Gasteiger partial charge is 0.429 e. The number of hydrogen-bond acceptors (Lipinski definition) is 4. The topological polar surface area (TPSA) is 63.6 Å². The molecular weight excluding hydrogens is 304 g/mol. The number of carbonyl (C=O) groups is 2. The van der Waals surface area contributed by atoms with Gasteiger partial charge in [-0.3, -0.25) is 4.79 Å². The molecule has 0 amide bonds. The van der Waals surface area contributed by atoms with E-state index >= 15 is 0 Å². The number of ether oxygens (including phenoxy) is 1. The van der Waals surface area contributed by atoms with Crippen LogP contribution in [0.1, 0.15) is 84.0 Å². The van der Waals surface area contributed by atoms with Gasteiger partial charge in [-0.2, -0.15) is 0 Å². The van der Waals surface area contributed by atoms with Crippen molar-refractivity contribution in [2.75, 3.05) is 0 Å². The minimum absolute atomic E-state index is 0.219. The third-order valence-electron chi connectivity index (χ3n) is 4.26. The van der Waals surface area contributed by atoms with E-state index in [1.807, 2.05) is 6.08 Å². The predicted molar refractivity (Wildman–Crippen MR) is 95.4 cm³/mol. The molecule has 0 saturated heterocycles. The summed E-state index contributed by atoms with van der Waals surface area (Å²) in [7, 11) is 0. The van der Waals surface area contributed by atoms with Crippen LogP contribution < -0.4 is 0 Å². The number of hydrogen-bond donors (Lipinski definition) is 1. The van der Waals surface area contributed by atoms with E-state index in [2.05, 4.69) is 11.7 Å². The monoisotopic (exact) mass is 336 g/mol. The van der Waals surface area contributed by atoms with Gasteiger partial charge in [-0.25, -0.2) is 4.79 Å². The lowest BCUT2D eigenvalue weighted by Gasteiger charge is -2.06. The maximum absolute atomic E-state index is 11.7. The van der Waals surface area contributed by atoms with Crippen molar-refractivity contribution in [2.24, 2.45) is 0 Å². The van der Waals surface area contributed by atoms with E-state index in [1.165, 1.54) is 38.2 Å². The first-order valence-corrected chi connectivity index (χ1v) is 9.42. The molecule has 0 bridgehead atoms. The summed E-state index contributed by atoms with van der Waals surface area (Å²) in [6.45, 7) is 2.22. The number of carbonyl (C=O) groups excluding carboxylic acids is 2. The fourth-order valence-electron chi connectivity index (χ4n) is 2.78. The SMILES string of the molecule is CCCCCCCCCC(=O)/C=C/CCCCC1=CC(=O)OC1O. The summed E-state index contributed by atoms with van der Waals surface area (Å²) < 4.78 is 4.62. The molecule has 1 N–H and O–H groups in total. The summed E-state index contributed by atoms with van der Waals surface area (Å²) in [4.78, 5) is 22.7. The highest BCUT2D eigenvalue weighted by atomic mass is 16.6. The molecule has 1 unspecified atom stereocenters. The van der Waals surface area contributed by atoms with Gasteiger partial charge in [0.2, 0.25) is 6.29 Å². The fraction of sp³-hybridized carbons (Fsp3) is 0.700. The molecule has 0 aromatic heterocycles. The zero-order valence-corrected chi connectivity index (χ0v) is 15.0. The Morgan fingerprint density at radius 2 is 1.83 bits per heavy atom. The summed E-state index contributed by atoms with van der Waals surface area (Å²) in [5.41, 5.74) is 0.652. The minimum Gasteiger partial charge on any atom is -0.429 e. The van der Waals surface area contributed by atoms with Gasteiger partial charge in [0.05, 0.1) is 0 Å². The summed E-state index contributed by atoms with van der Waals surface area (Å²) >= 11 is 0. The Balaban J connectivity index is 1.95. The second kappa shape index (κ2) is 12.9. The van der Waals surface area contributed by atoms with Gasteiger partial charge in [-0.05, 0) is 38.2 Å². The summed E-state index contributed by atoms with van der Waals surface area (Å²) in [5.74, 6) is -0.246. The van der Waals surface area contributed by atoms with Crippen LogP contribution in [-0.4, -0.2) is 23.1 Å². The molecule has 1 aliphatic heterocycles. The van der Waals surface area contributed by atoms with Crippen LogP contribution in [0, 0.1) is 0 Å². The molecule has 0 aromatic carbocycles. The molecule has 1 rings (SSSR count). The number of ketones is 1. The standard InChI is InChI=1S/C20H32O4/c1-2-3-4-5-6-7-11-14-18(21)15-12-9-8-10-13-17-16-19(22)24-20(17)23/h12,15-16,20,23H,2-11,13-14H2,1H3/b15-12+. The van der Waals surface area contributed by atoms with Crippen molar-refractivity contribution in [3.05, 3.63) is 23.8 Å². The van der Waals surface area contributed by atoms with Crippen LogP contribution in [0.5, 0.6) is 0 Å². The van der Waals surface area contributed by atoms with Crippen molar-refractivity contribution < 1.29 is 19.4 Å². The summed E-state index contributed by atoms with van der Waals surface area (Å²) in [6, 6.07) is 0. The Morgan fingerprint density at radius 3 is 2.50 bits per heavy atom. The number of allylic oxidation sites excluding steroid dienone is 2. The second-order valence-electron chi connectivity index (χ2n) is 6.49. The molecule has 0 radical (unpaired) electrons. The smallest absolute Gasteiger partial charge is 0.333 e. The van der Waals surface area contributed by atoms with Crippen LogP contribution in [-0.2, 0) is 14.3 Å². The van der Waals surface area contributed by atoms with E-state index in [4.69, 9.17) is 0 Å². The van der Waals surface area contributed by atoms with Crippen LogP contribution in [0.25, 0.3) is 0 Å². The summed E-state index contributed by atoms with van der Waals surface area (Å²) in [6.07, 6.45) is 16.5. The van der Waals surface area contributed by atoms with Gasteiger partial charge >= 0.3 is 5.97 Å². The van der Waals surface area contributed by atoms with E-state index in [9.17, 15) is 14.7 Å². The highest BCUT2D eigenvalue weighted by Gasteiger charge is 2.22. The van der Waals surface area contributed by atoms with Gasteiger partial charge in [-0.15, -0.1) is 0 Å². The molecule has 0 saturated carbocycles. The van der Waals surface area contributed by atoms with Gasteiger partial charge < -0.3 is 9.84 Å². The third-order valence-corrected chi connectivity index (χ3v) is 4.26. The number of cyclic esters (lactones) is 1. The van der Waals surface area contributed by atoms with Crippen molar-refractivity contribution in [3.63, 3.8) is 0 Å². The fourth-order valence-corrected chi connectivity index (χ4v) is 2.78. The average molecular weight is 336 g/mol. The maximum Gasteiger partial charge on any atom is 0.333 e. The molecular formula is C20H32O4. The molecule has 24 heavy (non-hydrogen) atoms. The normalized spacial score (nSPS) is 17.3. The Bertz CT molecular complexity index is 437. The molecule has 0 aromatic rings. The number of rotatable bonds is 14. The van der Waals surface area contributed by atoms with E-state index in [0.29, 0.717) is 18.4 Å². The average Bonchev–Trinajstić information content (AvgIpc) is 2.87. The molecule has 4 nitrogen and oxygen atoms in total. The minimum atomic E-state index is -1.06. The first kappa shape index (κ1) is 20.6. The number of aliphatic hydroxyl groups is 1. The van der Waals surface area contributed by atoms with Gasteiger partial charge in [0.1, 0.15) is 0 Å². The lowest BCUT2D eigenvalue weighted by atomic mass is 10.1. The van der Waals surface area contributed by atoms with Crippen LogP contribution in [0.2, 0.25) is 0 Å². The van der Waals surface area contributed by atoms with Crippen LogP contribution in [0.4, 0.5) is 0 Å². The van der Waals surface area contributed by atoms with Gasteiger partial charge in [0.15, 0.2) is 5.78 Å². The Morgan fingerprint density at radius 1 is 1.12 bits per heavy atom. The van der Waals surface area contributed by atoms with E-state index < -0.39 is 12.3 Å². The van der Waals surface area contributed by atoms with E-state index in [-0.39, 0.29) is 5.78 Å². The molecule has 0 aliphatic carbocycles. The molecule has 0 fully saturated rings. The Hall–Kier alpha value is -1.42. The maximum atomic E-state index is 11.7. The highest BCUT2D eigenvalue weighted by Crippen LogP contribution is 2.19. The van der Waals surface area contributed by atoms with Crippen LogP contribution in [0.15, 0.2) is 23.8 Å². The van der Waals surface area contributed by atoms with Crippen LogP contribution in [0.3, 0.4) is 0 Å². The number of esters is 1. The van der Waals surface area contributed by atoms with Gasteiger partial charge in [0, 0.05) is 18.1 Å². The first-order chi connectivity index (χ1) is 11.6. The molecule has 136 valence electrons. The number of aliphatic hydroxyl groups excluding tert-OH is 1. The highest BCUT2D eigenvalue weighted by molar-refractivity contribution is 5.89. The second-order valence-corrected chi connectivity index (χ2v) is 6.49. The third kappa shape index (κ3) is 9.66. The lowest BCUT2D eigenvalue weighted by Crippen LogP contribution is -2.09. The Labute approximate surface area is 146 Å². The van der Waals surface area contributed by atoms with Crippen molar-refractivity contribution in [2.45, 2.75) is 90.3 Å². The molecule has 4 heteroatoms. The van der Waals surface area contributed by atoms with E-state index in [1.54, 1.807) is 6.08 Å². The zero-order valence-electron chi connectivity index (χ0n) is 15.0. The van der Waals surface area contributed by atoms with Crippen molar-refractivity contribution >= 4 is 11.8 Å². The molecule has 1 heterocycles. The van der Waals surface area contributed by atoms with E-state index in [0.717, 1.165) is 32.1 Å². The first-order valence-electron chi connectivity index (χ1n) is 9.42. The Kier molecular flexibility index (Phi) is 11.1. The van der Waals surface area contributed by atoms with Crippen molar-refractivity contribution in [1.29, 1.82) is 0 Å². The molecule has 1 aliphatic rings. The quantitative estimate of drug-likeness (QED) is 0.286. The van der Waals surface area contributed by atoms with Gasteiger partial charge in [0.25, 0.3) is 0 Å². The van der Waals surface area contributed by atoms with Crippen molar-refractivity contribution in [3.8, 4) is 0 Å². The summed E-state index contributed by atoms with van der Waals surface area (Å²) in [5, 5.41) is 9.43. The van der Waals surface area contributed by atoms with Crippen LogP contribution >= 0.6 is 0 Å². The molecule has 0 spiro atoms.